The molecule has 2 saturated heterocycles. The zero-order valence-corrected chi connectivity index (χ0v) is 23.7. The van der Waals surface area contributed by atoms with Crippen LogP contribution in [-0.2, 0) is 23.9 Å². The van der Waals surface area contributed by atoms with E-state index in [1.807, 2.05) is 50.8 Å². The molecule has 4 rings (SSSR count). The number of cyclic esters (lactones) is 1. The van der Waals surface area contributed by atoms with Gasteiger partial charge in [0.15, 0.2) is 0 Å². The maximum Gasteiger partial charge on any atom is 0.313 e. The van der Waals surface area contributed by atoms with Gasteiger partial charge in [-0.2, -0.15) is 0 Å². The number of carbonyl (C=O) groups is 3. The van der Waals surface area contributed by atoms with Crippen molar-refractivity contribution < 1.29 is 29.0 Å². The van der Waals surface area contributed by atoms with Gasteiger partial charge in [-0.05, 0) is 51.4 Å². The first-order valence-corrected chi connectivity index (χ1v) is 14.6. The Hall–Kier alpha value is -2.19. The average molecular weight is 531 g/mol. The van der Waals surface area contributed by atoms with Gasteiger partial charge in [-0.3, -0.25) is 14.4 Å². The Morgan fingerprint density at radius 3 is 2.47 bits per heavy atom. The van der Waals surface area contributed by atoms with E-state index in [0.29, 0.717) is 26.0 Å². The van der Waals surface area contributed by atoms with Crippen LogP contribution in [0.5, 0.6) is 0 Å². The van der Waals surface area contributed by atoms with Crippen LogP contribution in [0.25, 0.3) is 0 Å². The molecule has 8 heteroatoms. The second kappa shape index (κ2) is 11.5. The lowest BCUT2D eigenvalue weighted by molar-refractivity contribution is -0.164. The van der Waals surface area contributed by atoms with Crippen molar-refractivity contribution in [2.24, 2.45) is 17.8 Å². The summed E-state index contributed by atoms with van der Waals surface area (Å²) in [6.07, 6.45) is 13.1. The van der Waals surface area contributed by atoms with Gasteiger partial charge in [0.05, 0.1) is 25.2 Å². The minimum Gasteiger partial charge on any atom is -0.465 e. The summed E-state index contributed by atoms with van der Waals surface area (Å²) in [4.78, 5) is 46.1. The summed E-state index contributed by atoms with van der Waals surface area (Å²) in [6.45, 7) is 10.6. The number of aliphatic hydroxyl groups excluding tert-OH is 1. The van der Waals surface area contributed by atoms with Crippen LogP contribution in [0.4, 0.5) is 0 Å². The average Bonchev–Trinajstić information content (AvgIpc) is 3.24. The van der Waals surface area contributed by atoms with E-state index in [4.69, 9.17) is 9.47 Å². The lowest BCUT2D eigenvalue weighted by Gasteiger charge is -2.42. The predicted molar refractivity (Wildman–Crippen MR) is 144 cm³/mol. The molecule has 7 atom stereocenters. The Balaban J connectivity index is 1.90. The van der Waals surface area contributed by atoms with Gasteiger partial charge in [0.1, 0.15) is 23.2 Å². The number of amides is 2. The minimum atomic E-state index is -1.32. The van der Waals surface area contributed by atoms with Gasteiger partial charge < -0.3 is 24.4 Å². The van der Waals surface area contributed by atoms with E-state index in [2.05, 4.69) is 13.0 Å². The van der Waals surface area contributed by atoms with Gasteiger partial charge in [0, 0.05) is 12.6 Å². The summed E-state index contributed by atoms with van der Waals surface area (Å²) >= 11 is 0. The first kappa shape index (κ1) is 28.8. The Labute approximate surface area is 227 Å². The summed E-state index contributed by atoms with van der Waals surface area (Å²) in [5, 5.41) is 10.5. The fourth-order valence-corrected chi connectivity index (χ4v) is 7.18. The monoisotopic (exact) mass is 530 g/mol. The molecule has 0 saturated carbocycles. The van der Waals surface area contributed by atoms with Crippen LogP contribution >= 0.6 is 0 Å². The number of esters is 1. The SMILES string of the molecule is CCCC(C)N1CC=C[C@]23O[C@@]4(CC)/C=C\CCCCOC(=O)[C@H]4[C@H]2C(=O)N([C@@H](CO)CC(C)C)C3C1=O. The largest absolute Gasteiger partial charge is 0.465 e. The topological polar surface area (TPSA) is 96.4 Å². The van der Waals surface area contributed by atoms with Crippen LogP contribution in [0.1, 0.15) is 79.6 Å². The van der Waals surface area contributed by atoms with Crippen LogP contribution in [0.15, 0.2) is 24.3 Å². The fraction of sp³-hybridized carbons (Fsp3) is 0.767. The molecule has 1 N–H and O–H groups in total. The number of likely N-dealkylation sites (tertiary alicyclic amines) is 1. The molecule has 0 aromatic rings. The zero-order valence-electron chi connectivity index (χ0n) is 23.7. The molecule has 1 spiro atoms. The maximum absolute atomic E-state index is 14.5. The molecule has 2 fully saturated rings. The van der Waals surface area contributed by atoms with Crippen LogP contribution in [0.2, 0.25) is 0 Å². The molecule has 0 aliphatic carbocycles. The number of hydrogen-bond donors (Lipinski definition) is 1. The third-order valence-corrected chi connectivity index (χ3v) is 8.94. The third kappa shape index (κ3) is 4.72. The highest BCUT2D eigenvalue weighted by atomic mass is 16.6. The summed E-state index contributed by atoms with van der Waals surface area (Å²) in [5.74, 6) is -2.52. The maximum atomic E-state index is 14.5. The summed E-state index contributed by atoms with van der Waals surface area (Å²) < 4.78 is 12.7. The lowest BCUT2D eigenvalue weighted by Crippen LogP contribution is -2.60. The smallest absolute Gasteiger partial charge is 0.313 e. The van der Waals surface area contributed by atoms with E-state index in [9.17, 15) is 19.5 Å². The lowest BCUT2D eigenvalue weighted by atomic mass is 9.73. The number of hydrogen-bond acceptors (Lipinski definition) is 6. The van der Waals surface area contributed by atoms with Gasteiger partial charge in [-0.1, -0.05) is 58.4 Å². The van der Waals surface area contributed by atoms with Crippen molar-refractivity contribution in [3.63, 3.8) is 0 Å². The zero-order chi connectivity index (χ0) is 27.7. The number of carbonyl (C=O) groups excluding carboxylic acids is 3. The normalized spacial score (nSPS) is 35.9. The molecule has 4 heterocycles. The Kier molecular flexibility index (Phi) is 8.72. The standard InChI is InChI=1S/C30H46N2O6/c1-6-13-21(5)31-16-12-15-30-23(26(34)32(25(30)27(31)35)22(19-33)18-20(3)4)24-28(36)37-17-11-9-8-10-14-29(24,7-2)38-30/h10,12,14-15,20-25,33H,6-9,11,13,16-19H2,1-5H3/b14-10-/t21?,22-,23+,24-,25?,29+,30+/m1/s1. The fourth-order valence-electron chi connectivity index (χ4n) is 7.18. The molecule has 4 aliphatic heterocycles. The number of allylic oxidation sites excluding steroid dienone is 1. The number of aliphatic hydroxyl groups is 1. The summed E-state index contributed by atoms with van der Waals surface area (Å²) in [6, 6.07) is -1.54. The highest BCUT2D eigenvalue weighted by Crippen LogP contribution is 2.58. The molecule has 212 valence electrons. The first-order chi connectivity index (χ1) is 18.2. The Morgan fingerprint density at radius 1 is 1.05 bits per heavy atom. The van der Waals surface area contributed by atoms with Crippen LogP contribution < -0.4 is 0 Å². The molecule has 0 bridgehead atoms. The molecule has 8 nitrogen and oxygen atoms in total. The Bertz CT molecular complexity index is 962. The molecular weight excluding hydrogens is 484 g/mol. The predicted octanol–water partition coefficient (Wildman–Crippen LogP) is 3.62. The second-order valence-electron chi connectivity index (χ2n) is 11.9. The Morgan fingerprint density at radius 2 is 1.82 bits per heavy atom. The molecule has 2 amide bonds. The van der Waals surface area contributed by atoms with E-state index >= 15 is 0 Å². The molecule has 4 aliphatic rings. The molecule has 0 radical (unpaired) electrons. The number of ether oxygens (including phenoxy) is 2. The van der Waals surface area contributed by atoms with Crippen molar-refractivity contribution in [2.45, 2.75) is 109 Å². The molecule has 38 heavy (non-hydrogen) atoms. The highest BCUT2D eigenvalue weighted by molar-refractivity contribution is 5.99. The van der Waals surface area contributed by atoms with Crippen molar-refractivity contribution in [1.82, 2.24) is 9.80 Å². The van der Waals surface area contributed by atoms with Crippen LogP contribution in [0.3, 0.4) is 0 Å². The highest BCUT2D eigenvalue weighted by Gasteiger charge is 2.75. The van der Waals surface area contributed by atoms with E-state index in [1.54, 1.807) is 4.90 Å². The van der Waals surface area contributed by atoms with Gasteiger partial charge >= 0.3 is 5.97 Å². The quantitative estimate of drug-likeness (QED) is 0.380. The van der Waals surface area contributed by atoms with Crippen molar-refractivity contribution in [3.8, 4) is 0 Å². The van der Waals surface area contributed by atoms with Crippen LogP contribution in [-0.4, -0.2) is 81.8 Å². The van der Waals surface area contributed by atoms with Crippen molar-refractivity contribution in [2.75, 3.05) is 19.8 Å². The van der Waals surface area contributed by atoms with Gasteiger partial charge in [0.2, 0.25) is 11.8 Å². The van der Waals surface area contributed by atoms with E-state index in [1.165, 1.54) is 0 Å². The van der Waals surface area contributed by atoms with Gasteiger partial charge in [0.25, 0.3) is 0 Å². The van der Waals surface area contributed by atoms with E-state index < -0.39 is 41.1 Å². The number of rotatable bonds is 8. The molecule has 0 aromatic carbocycles. The third-order valence-electron chi connectivity index (χ3n) is 8.94. The van der Waals surface area contributed by atoms with Crippen LogP contribution in [0, 0.1) is 17.8 Å². The summed E-state index contributed by atoms with van der Waals surface area (Å²) in [5.41, 5.74) is -2.38. The van der Waals surface area contributed by atoms with Gasteiger partial charge in [-0.15, -0.1) is 0 Å². The van der Waals surface area contributed by atoms with Gasteiger partial charge in [-0.25, -0.2) is 0 Å². The first-order valence-electron chi connectivity index (χ1n) is 14.6. The summed E-state index contributed by atoms with van der Waals surface area (Å²) in [7, 11) is 0. The molecule has 2 unspecified atom stereocenters. The van der Waals surface area contributed by atoms with E-state index in [0.717, 1.165) is 32.1 Å². The minimum absolute atomic E-state index is 0.0203. The number of fused-ring (bicyclic) bond motifs is 2. The molecular formula is C30H46N2O6. The number of nitrogens with zero attached hydrogens (tertiary/aromatic N) is 2. The van der Waals surface area contributed by atoms with Crippen molar-refractivity contribution in [3.05, 3.63) is 24.3 Å². The van der Waals surface area contributed by atoms with E-state index in [-0.39, 0.29) is 30.4 Å². The second-order valence-corrected chi connectivity index (χ2v) is 11.9. The van der Waals surface area contributed by atoms with Crippen molar-refractivity contribution >= 4 is 17.8 Å². The molecule has 0 aromatic heterocycles. The van der Waals surface area contributed by atoms with Crippen molar-refractivity contribution in [1.29, 1.82) is 0 Å².